The molecule has 0 saturated carbocycles. The van der Waals surface area contributed by atoms with Gasteiger partial charge >= 0.3 is 12.0 Å². The second kappa shape index (κ2) is 6.32. The third-order valence-electron chi connectivity index (χ3n) is 4.34. The summed E-state index contributed by atoms with van der Waals surface area (Å²) < 4.78 is 0. The molecule has 0 aliphatic carbocycles. The van der Waals surface area contributed by atoms with Crippen LogP contribution in [0, 0.1) is 5.92 Å². The fourth-order valence-corrected chi connectivity index (χ4v) is 2.94. The fourth-order valence-electron chi connectivity index (χ4n) is 2.94. The number of piperidine rings is 1. The van der Waals surface area contributed by atoms with Crippen molar-refractivity contribution in [1.82, 2.24) is 14.7 Å². The summed E-state index contributed by atoms with van der Waals surface area (Å²) in [6, 6.07) is -1.10. The Morgan fingerprint density at radius 1 is 1.24 bits per heavy atom. The Morgan fingerprint density at radius 2 is 1.95 bits per heavy atom. The maximum Gasteiger partial charge on any atom is 0.326 e. The van der Waals surface area contributed by atoms with Gasteiger partial charge in [-0.3, -0.25) is 4.79 Å². The van der Waals surface area contributed by atoms with Gasteiger partial charge in [0.05, 0.1) is 0 Å². The number of carboxylic acid groups (broad SMARTS) is 1. The molecule has 0 aromatic heterocycles. The molecular formula is C14H23N3O4. The van der Waals surface area contributed by atoms with Crippen LogP contribution >= 0.6 is 0 Å². The molecule has 118 valence electrons. The lowest BCUT2D eigenvalue weighted by molar-refractivity contribution is -0.144. The Balaban J connectivity index is 2.10. The van der Waals surface area contributed by atoms with E-state index in [1.807, 2.05) is 6.92 Å². The Bertz CT molecular complexity index is 440. The van der Waals surface area contributed by atoms with Crippen LogP contribution in [0.2, 0.25) is 0 Å². The predicted molar refractivity (Wildman–Crippen MR) is 75.8 cm³/mol. The molecular weight excluding hydrogens is 274 g/mol. The average Bonchev–Trinajstić information content (AvgIpc) is 2.60. The lowest BCUT2D eigenvalue weighted by Crippen LogP contribution is -2.55. The lowest BCUT2D eigenvalue weighted by atomic mass is 9.92. The molecule has 0 bridgehead atoms. The van der Waals surface area contributed by atoms with Crippen molar-refractivity contribution in [2.45, 2.75) is 32.2 Å². The summed E-state index contributed by atoms with van der Waals surface area (Å²) in [5, 5.41) is 9.34. The van der Waals surface area contributed by atoms with Crippen LogP contribution in [-0.2, 0) is 9.59 Å². The number of carboxylic acids is 1. The van der Waals surface area contributed by atoms with Crippen LogP contribution < -0.4 is 0 Å². The van der Waals surface area contributed by atoms with Crippen LogP contribution in [-0.4, -0.2) is 77.0 Å². The Kier molecular flexibility index (Phi) is 4.69. The standard InChI is InChI=1S/C14H23N3O4/c1-10-4-7-17(11(8-10)13(19)20)14(21)16-6-3-5-15(2)12(18)9-16/h10-11H,3-9H2,1-2H3,(H,19,20). The normalized spacial score (nSPS) is 27.5. The van der Waals surface area contributed by atoms with Crippen molar-refractivity contribution in [2.75, 3.05) is 33.2 Å². The van der Waals surface area contributed by atoms with Gasteiger partial charge in [0, 0.05) is 26.7 Å². The monoisotopic (exact) mass is 297 g/mol. The van der Waals surface area contributed by atoms with Crippen molar-refractivity contribution in [3.8, 4) is 0 Å². The largest absolute Gasteiger partial charge is 0.480 e. The summed E-state index contributed by atoms with van der Waals surface area (Å²) in [6.45, 7) is 3.60. The summed E-state index contributed by atoms with van der Waals surface area (Å²) >= 11 is 0. The highest BCUT2D eigenvalue weighted by Crippen LogP contribution is 2.24. The van der Waals surface area contributed by atoms with E-state index in [-0.39, 0.29) is 18.5 Å². The summed E-state index contributed by atoms with van der Waals surface area (Å²) in [7, 11) is 1.72. The highest BCUT2D eigenvalue weighted by molar-refractivity contribution is 5.87. The van der Waals surface area contributed by atoms with E-state index in [0.29, 0.717) is 32.0 Å². The molecule has 0 aromatic rings. The van der Waals surface area contributed by atoms with Gasteiger partial charge in [0.25, 0.3) is 0 Å². The first-order valence-corrected chi connectivity index (χ1v) is 7.42. The number of carbonyl (C=O) groups is 3. The summed E-state index contributed by atoms with van der Waals surface area (Å²) in [5.74, 6) is -0.765. The maximum atomic E-state index is 12.6. The minimum absolute atomic E-state index is 0.0354. The zero-order chi connectivity index (χ0) is 15.6. The second-order valence-corrected chi connectivity index (χ2v) is 6.05. The molecule has 2 aliphatic heterocycles. The number of likely N-dealkylation sites (N-methyl/N-ethyl adjacent to an activating group) is 1. The average molecular weight is 297 g/mol. The smallest absolute Gasteiger partial charge is 0.326 e. The van der Waals surface area contributed by atoms with Gasteiger partial charge in [0.15, 0.2) is 0 Å². The van der Waals surface area contributed by atoms with Crippen LogP contribution in [0.5, 0.6) is 0 Å². The van der Waals surface area contributed by atoms with Crippen molar-refractivity contribution >= 4 is 17.9 Å². The Labute approximate surface area is 124 Å². The van der Waals surface area contributed by atoms with Crippen molar-refractivity contribution in [2.24, 2.45) is 5.92 Å². The van der Waals surface area contributed by atoms with Gasteiger partial charge in [0.1, 0.15) is 12.6 Å². The fraction of sp³-hybridized carbons (Fsp3) is 0.786. The number of amides is 3. The van der Waals surface area contributed by atoms with E-state index < -0.39 is 12.0 Å². The van der Waals surface area contributed by atoms with Gasteiger partial charge in [-0.25, -0.2) is 9.59 Å². The quantitative estimate of drug-likeness (QED) is 0.762. The molecule has 0 aromatic carbocycles. The first-order valence-electron chi connectivity index (χ1n) is 7.42. The molecule has 2 fully saturated rings. The molecule has 3 amide bonds. The molecule has 2 aliphatic rings. The van der Waals surface area contributed by atoms with Gasteiger partial charge in [-0.1, -0.05) is 6.92 Å². The van der Waals surface area contributed by atoms with Crippen LogP contribution in [0.4, 0.5) is 4.79 Å². The Hall–Kier alpha value is -1.79. The van der Waals surface area contributed by atoms with Crippen molar-refractivity contribution in [1.29, 1.82) is 0 Å². The van der Waals surface area contributed by atoms with Gasteiger partial charge in [0.2, 0.25) is 5.91 Å². The molecule has 2 unspecified atom stereocenters. The van der Waals surface area contributed by atoms with E-state index in [1.54, 1.807) is 11.9 Å². The molecule has 2 rings (SSSR count). The molecule has 7 nitrogen and oxygen atoms in total. The number of aliphatic carboxylic acids is 1. The zero-order valence-corrected chi connectivity index (χ0v) is 12.6. The molecule has 21 heavy (non-hydrogen) atoms. The molecule has 1 N–H and O–H groups in total. The van der Waals surface area contributed by atoms with Crippen molar-refractivity contribution in [3.05, 3.63) is 0 Å². The maximum absolute atomic E-state index is 12.6. The lowest BCUT2D eigenvalue weighted by Gasteiger charge is -2.38. The summed E-state index contributed by atoms with van der Waals surface area (Å²) in [4.78, 5) is 40.4. The van der Waals surface area contributed by atoms with Crippen LogP contribution in [0.25, 0.3) is 0 Å². The number of nitrogens with zero attached hydrogens (tertiary/aromatic N) is 3. The van der Waals surface area contributed by atoms with Gasteiger partial charge in [-0.05, 0) is 25.2 Å². The van der Waals surface area contributed by atoms with E-state index in [1.165, 1.54) is 9.80 Å². The van der Waals surface area contributed by atoms with E-state index >= 15 is 0 Å². The third kappa shape index (κ3) is 3.46. The van der Waals surface area contributed by atoms with Gasteiger partial charge in [-0.2, -0.15) is 0 Å². The van der Waals surface area contributed by atoms with E-state index in [4.69, 9.17) is 0 Å². The first kappa shape index (κ1) is 15.6. The molecule has 7 heteroatoms. The zero-order valence-electron chi connectivity index (χ0n) is 12.6. The van der Waals surface area contributed by atoms with E-state index in [9.17, 15) is 19.5 Å². The number of rotatable bonds is 1. The summed E-state index contributed by atoms with van der Waals surface area (Å²) in [5.41, 5.74) is 0. The molecule has 2 saturated heterocycles. The van der Waals surface area contributed by atoms with Gasteiger partial charge < -0.3 is 19.8 Å². The van der Waals surface area contributed by atoms with Crippen LogP contribution in [0.15, 0.2) is 0 Å². The number of hydrogen-bond acceptors (Lipinski definition) is 3. The van der Waals surface area contributed by atoms with E-state index in [2.05, 4.69) is 0 Å². The molecule has 2 heterocycles. The van der Waals surface area contributed by atoms with Crippen molar-refractivity contribution in [3.63, 3.8) is 0 Å². The number of hydrogen-bond donors (Lipinski definition) is 1. The number of urea groups is 1. The number of likely N-dealkylation sites (tertiary alicyclic amines) is 1. The number of carbonyl (C=O) groups excluding carboxylic acids is 2. The highest BCUT2D eigenvalue weighted by Gasteiger charge is 2.37. The van der Waals surface area contributed by atoms with E-state index in [0.717, 1.165) is 12.8 Å². The Morgan fingerprint density at radius 3 is 2.62 bits per heavy atom. The third-order valence-corrected chi connectivity index (χ3v) is 4.34. The predicted octanol–water partition coefficient (Wildman–Crippen LogP) is 0.456. The van der Waals surface area contributed by atoms with Crippen molar-refractivity contribution < 1.29 is 19.5 Å². The SMILES string of the molecule is CC1CCN(C(=O)N2CCCN(C)C(=O)C2)C(C(=O)O)C1. The van der Waals surface area contributed by atoms with Crippen LogP contribution in [0.3, 0.4) is 0 Å². The topological polar surface area (TPSA) is 81.2 Å². The molecule has 2 atom stereocenters. The molecule has 0 radical (unpaired) electrons. The molecule has 0 spiro atoms. The van der Waals surface area contributed by atoms with Gasteiger partial charge in [-0.15, -0.1) is 0 Å². The second-order valence-electron chi connectivity index (χ2n) is 6.05. The minimum atomic E-state index is -0.965. The highest BCUT2D eigenvalue weighted by atomic mass is 16.4. The minimum Gasteiger partial charge on any atom is -0.480 e. The first-order chi connectivity index (χ1) is 9.90. The summed E-state index contributed by atoms with van der Waals surface area (Å²) in [6.07, 6.45) is 2.00. The van der Waals surface area contributed by atoms with Crippen LogP contribution in [0.1, 0.15) is 26.2 Å².